The summed E-state index contributed by atoms with van der Waals surface area (Å²) in [5, 5.41) is 2.46. The predicted octanol–water partition coefficient (Wildman–Crippen LogP) is 1.42. The highest BCUT2D eigenvalue weighted by Crippen LogP contribution is 2.07. The van der Waals surface area contributed by atoms with Gasteiger partial charge < -0.3 is 19.6 Å². The van der Waals surface area contributed by atoms with Crippen LogP contribution in [0, 0.1) is 0 Å². The Morgan fingerprint density at radius 2 is 1.89 bits per heavy atom. The van der Waals surface area contributed by atoms with Crippen molar-refractivity contribution in [2.75, 3.05) is 19.8 Å². The van der Waals surface area contributed by atoms with E-state index >= 15 is 0 Å². The third-order valence-corrected chi connectivity index (χ3v) is 3.70. The second kappa shape index (κ2) is 8.71. The molecule has 0 saturated carbocycles. The van der Waals surface area contributed by atoms with Crippen molar-refractivity contribution in [1.82, 2.24) is 5.32 Å². The highest BCUT2D eigenvalue weighted by Gasteiger charge is 2.16. The number of amides is 1. The van der Waals surface area contributed by atoms with E-state index in [1.165, 1.54) is 0 Å². The van der Waals surface area contributed by atoms with Crippen molar-refractivity contribution in [3.63, 3.8) is 0 Å². The molecule has 0 aliphatic rings. The number of esters is 1. The van der Waals surface area contributed by atoms with Crippen LogP contribution >= 0.6 is 0 Å². The lowest BCUT2D eigenvalue weighted by Crippen LogP contribution is -2.30. The first-order valence-electron chi connectivity index (χ1n) is 6.18. The van der Waals surface area contributed by atoms with E-state index in [4.69, 9.17) is 9.47 Å². The number of carbonyl (C=O) groups excluding carboxylic acids is 2. The van der Waals surface area contributed by atoms with Gasteiger partial charge in [-0.15, -0.1) is 0 Å². The molecule has 0 bridgehead atoms. The standard InChI is InChI=1S/C12H23NO5Si/c1-10(2)11(14)17-8-6-13-12(15)18-7-5-9-19(3,4)16/h16H,1,5-9H2,2-4H3,(H,13,15). The van der Waals surface area contributed by atoms with Gasteiger partial charge in [-0.1, -0.05) is 6.58 Å². The summed E-state index contributed by atoms with van der Waals surface area (Å²) in [5.41, 5.74) is 0.318. The number of hydrogen-bond donors (Lipinski definition) is 2. The van der Waals surface area contributed by atoms with Crippen LogP contribution in [-0.4, -0.2) is 44.9 Å². The Balaban J connectivity index is 3.50. The molecule has 0 fully saturated rings. The third-order valence-electron chi connectivity index (χ3n) is 2.12. The van der Waals surface area contributed by atoms with Crippen LogP contribution in [0.1, 0.15) is 13.3 Å². The molecule has 0 aromatic carbocycles. The zero-order chi connectivity index (χ0) is 14.9. The number of ether oxygens (including phenoxy) is 2. The van der Waals surface area contributed by atoms with Gasteiger partial charge in [0.2, 0.25) is 0 Å². The summed E-state index contributed by atoms with van der Waals surface area (Å²) in [6, 6.07) is 0.691. The van der Waals surface area contributed by atoms with Crippen molar-refractivity contribution in [3.8, 4) is 0 Å². The first kappa shape index (κ1) is 17.7. The summed E-state index contributed by atoms with van der Waals surface area (Å²) in [6.45, 7) is 9.20. The molecule has 0 aliphatic heterocycles. The second-order valence-electron chi connectivity index (χ2n) is 4.89. The summed E-state index contributed by atoms with van der Waals surface area (Å²) in [6.07, 6.45) is 0.0946. The molecule has 0 heterocycles. The molecule has 1 amide bonds. The second-order valence-corrected chi connectivity index (χ2v) is 9.02. The van der Waals surface area contributed by atoms with E-state index in [0.717, 1.165) is 0 Å². The van der Waals surface area contributed by atoms with Gasteiger partial charge in [0.1, 0.15) is 6.61 Å². The summed E-state index contributed by atoms with van der Waals surface area (Å²) >= 11 is 0. The molecule has 0 saturated heterocycles. The first-order valence-corrected chi connectivity index (χ1v) is 9.33. The molecule has 0 radical (unpaired) electrons. The average Bonchev–Trinajstić information content (AvgIpc) is 2.28. The molecular formula is C12H23NO5Si. The normalized spacial score (nSPS) is 10.7. The number of rotatable bonds is 8. The number of carbonyl (C=O) groups is 2. The number of alkyl carbamates (subject to hydrolysis) is 1. The highest BCUT2D eigenvalue weighted by molar-refractivity contribution is 6.69. The summed E-state index contributed by atoms with van der Waals surface area (Å²) < 4.78 is 9.68. The molecule has 6 nitrogen and oxygen atoms in total. The quantitative estimate of drug-likeness (QED) is 0.305. The molecule has 0 spiro atoms. The molecule has 0 rings (SSSR count). The van der Waals surface area contributed by atoms with Crippen molar-refractivity contribution < 1.29 is 23.9 Å². The third kappa shape index (κ3) is 11.5. The molecule has 2 N–H and O–H groups in total. The van der Waals surface area contributed by atoms with Gasteiger partial charge in [-0.3, -0.25) is 0 Å². The molecule has 110 valence electrons. The van der Waals surface area contributed by atoms with Crippen molar-refractivity contribution in [1.29, 1.82) is 0 Å². The Morgan fingerprint density at radius 1 is 1.26 bits per heavy atom. The van der Waals surface area contributed by atoms with E-state index in [-0.39, 0.29) is 19.8 Å². The topological polar surface area (TPSA) is 84.9 Å². The van der Waals surface area contributed by atoms with Crippen LogP contribution in [0.25, 0.3) is 0 Å². The van der Waals surface area contributed by atoms with Gasteiger partial charge in [-0.25, -0.2) is 9.59 Å². The molecule has 0 atom stereocenters. The zero-order valence-corrected chi connectivity index (χ0v) is 12.8. The Morgan fingerprint density at radius 3 is 2.42 bits per heavy atom. The highest BCUT2D eigenvalue weighted by atomic mass is 28.4. The monoisotopic (exact) mass is 289 g/mol. The van der Waals surface area contributed by atoms with Crippen molar-refractivity contribution >= 4 is 20.4 Å². The van der Waals surface area contributed by atoms with E-state index < -0.39 is 20.4 Å². The Kier molecular flexibility index (Phi) is 8.09. The molecule has 7 heteroatoms. The Bertz CT molecular complexity index is 325. The minimum Gasteiger partial charge on any atom is -0.460 e. The zero-order valence-electron chi connectivity index (χ0n) is 11.8. The van der Waals surface area contributed by atoms with Gasteiger partial charge in [0.15, 0.2) is 8.32 Å². The minimum absolute atomic E-state index is 0.0807. The van der Waals surface area contributed by atoms with Crippen molar-refractivity contribution in [2.45, 2.75) is 32.5 Å². The first-order chi connectivity index (χ1) is 8.72. The maximum Gasteiger partial charge on any atom is 0.407 e. The van der Waals surface area contributed by atoms with Gasteiger partial charge >= 0.3 is 12.1 Å². The number of nitrogens with one attached hydrogen (secondary N) is 1. The van der Waals surface area contributed by atoms with Crippen LogP contribution in [0.2, 0.25) is 19.1 Å². The van der Waals surface area contributed by atoms with Crippen LogP contribution in [-0.2, 0) is 14.3 Å². The van der Waals surface area contributed by atoms with Gasteiger partial charge in [-0.05, 0) is 32.5 Å². The summed E-state index contributed by atoms with van der Waals surface area (Å²) in [5.74, 6) is -0.481. The fraction of sp³-hybridized carbons (Fsp3) is 0.667. The maximum absolute atomic E-state index is 11.2. The maximum atomic E-state index is 11.2. The van der Waals surface area contributed by atoms with Crippen molar-refractivity contribution in [2.24, 2.45) is 0 Å². The average molecular weight is 289 g/mol. The smallest absolute Gasteiger partial charge is 0.407 e. The Hall–Kier alpha value is -1.34. The molecule has 19 heavy (non-hydrogen) atoms. The van der Waals surface area contributed by atoms with Crippen LogP contribution < -0.4 is 5.32 Å². The van der Waals surface area contributed by atoms with Crippen LogP contribution in [0.3, 0.4) is 0 Å². The van der Waals surface area contributed by atoms with Gasteiger partial charge in [0, 0.05) is 5.57 Å². The molecule has 0 aromatic rings. The SMILES string of the molecule is C=C(C)C(=O)OCCNC(=O)OCCC[Si](C)(C)O. The van der Waals surface area contributed by atoms with Crippen LogP contribution in [0.5, 0.6) is 0 Å². The molecule has 0 unspecified atom stereocenters. The van der Waals surface area contributed by atoms with Gasteiger partial charge in [0.25, 0.3) is 0 Å². The lowest BCUT2D eigenvalue weighted by Gasteiger charge is -2.13. The summed E-state index contributed by atoms with van der Waals surface area (Å²) in [4.78, 5) is 31.8. The predicted molar refractivity (Wildman–Crippen MR) is 74.2 cm³/mol. The molecular weight excluding hydrogens is 266 g/mol. The fourth-order valence-electron chi connectivity index (χ4n) is 1.14. The molecule has 0 aromatic heterocycles. The van der Waals surface area contributed by atoms with Crippen molar-refractivity contribution in [3.05, 3.63) is 12.2 Å². The fourth-order valence-corrected chi connectivity index (χ4v) is 2.15. The van der Waals surface area contributed by atoms with E-state index in [9.17, 15) is 14.4 Å². The van der Waals surface area contributed by atoms with E-state index in [1.807, 2.05) is 13.1 Å². The Labute approximate surface area is 114 Å². The summed E-state index contributed by atoms with van der Waals surface area (Å²) in [7, 11) is -2.06. The van der Waals surface area contributed by atoms with Gasteiger partial charge in [0.05, 0.1) is 13.2 Å². The number of hydrogen-bond acceptors (Lipinski definition) is 5. The van der Waals surface area contributed by atoms with E-state index in [1.54, 1.807) is 6.92 Å². The largest absolute Gasteiger partial charge is 0.460 e. The van der Waals surface area contributed by atoms with E-state index in [2.05, 4.69) is 11.9 Å². The van der Waals surface area contributed by atoms with Crippen LogP contribution in [0.15, 0.2) is 12.2 Å². The van der Waals surface area contributed by atoms with Crippen LogP contribution in [0.4, 0.5) is 4.79 Å². The lowest BCUT2D eigenvalue weighted by molar-refractivity contribution is -0.138. The van der Waals surface area contributed by atoms with Gasteiger partial charge in [-0.2, -0.15) is 0 Å². The van der Waals surface area contributed by atoms with E-state index in [0.29, 0.717) is 18.0 Å². The lowest BCUT2D eigenvalue weighted by atomic mass is 10.4. The molecule has 0 aliphatic carbocycles. The minimum atomic E-state index is -2.06.